The van der Waals surface area contributed by atoms with Crippen molar-refractivity contribution in [3.63, 3.8) is 0 Å². The Morgan fingerprint density at radius 3 is 2.82 bits per heavy atom. The first-order valence-corrected chi connectivity index (χ1v) is 6.19. The lowest BCUT2D eigenvalue weighted by Crippen LogP contribution is -2.31. The molecule has 0 aliphatic heterocycles. The lowest BCUT2D eigenvalue weighted by molar-refractivity contribution is -0.121. The molecule has 17 heavy (non-hydrogen) atoms. The van der Waals surface area contributed by atoms with E-state index in [1.165, 1.54) is 11.3 Å². The van der Waals surface area contributed by atoms with Crippen LogP contribution < -0.4 is 10.6 Å². The van der Waals surface area contributed by atoms with Gasteiger partial charge in [0, 0.05) is 26.6 Å². The minimum atomic E-state index is -0.135. The Balaban J connectivity index is 2.11. The largest absolute Gasteiger partial charge is 0.383 e. The van der Waals surface area contributed by atoms with E-state index in [1.54, 1.807) is 13.2 Å². The molecule has 1 aromatic heterocycles. The zero-order valence-electron chi connectivity index (χ0n) is 9.69. The Hall–Kier alpha value is -1.40. The van der Waals surface area contributed by atoms with E-state index >= 15 is 0 Å². The molecule has 0 aromatic carbocycles. The third kappa shape index (κ3) is 5.46. The summed E-state index contributed by atoms with van der Waals surface area (Å²) in [6.45, 7) is 1.33. The van der Waals surface area contributed by atoms with E-state index in [0.717, 1.165) is 0 Å². The van der Waals surface area contributed by atoms with E-state index < -0.39 is 0 Å². The van der Waals surface area contributed by atoms with E-state index in [9.17, 15) is 9.59 Å². The Kier molecular flexibility index (Phi) is 6.27. The predicted octanol–water partition coefficient (Wildman–Crippen LogP) is 0.631. The van der Waals surface area contributed by atoms with Crippen LogP contribution in [0.4, 0.5) is 0 Å². The van der Waals surface area contributed by atoms with Crippen LogP contribution in [0.15, 0.2) is 17.5 Å². The lowest BCUT2D eigenvalue weighted by Gasteiger charge is -2.05. The molecule has 0 saturated heterocycles. The summed E-state index contributed by atoms with van der Waals surface area (Å²) in [6.07, 6.45) is 0.279. The van der Waals surface area contributed by atoms with E-state index in [2.05, 4.69) is 10.6 Å². The first-order chi connectivity index (χ1) is 8.24. The van der Waals surface area contributed by atoms with Gasteiger partial charge in [-0.3, -0.25) is 9.59 Å². The lowest BCUT2D eigenvalue weighted by atomic mass is 10.3. The Labute approximate surface area is 104 Å². The number of ether oxygens (including phenoxy) is 1. The van der Waals surface area contributed by atoms with Gasteiger partial charge in [0.15, 0.2) is 0 Å². The molecule has 0 atom stereocenters. The zero-order valence-corrected chi connectivity index (χ0v) is 10.5. The Morgan fingerprint density at radius 1 is 1.35 bits per heavy atom. The van der Waals surface area contributed by atoms with Gasteiger partial charge >= 0.3 is 0 Å². The fourth-order valence-electron chi connectivity index (χ4n) is 1.17. The number of rotatable bonds is 7. The SMILES string of the molecule is COCCNC(=O)CCNC(=O)c1cccs1. The normalized spacial score (nSPS) is 9.94. The average Bonchev–Trinajstić information content (AvgIpc) is 2.82. The molecule has 1 heterocycles. The number of methoxy groups -OCH3 is 1. The molecule has 2 amide bonds. The fourth-order valence-corrected chi connectivity index (χ4v) is 1.81. The number of carbonyl (C=O) groups excluding carboxylic acids is 2. The molecule has 0 aliphatic rings. The fraction of sp³-hybridized carbons (Fsp3) is 0.455. The molecule has 1 aromatic rings. The number of hydrogen-bond acceptors (Lipinski definition) is 4. The van der Waals surface area contributed by atoms with Crippen LogP contribution in [0.1, 0.15) is 16.1 Å². The Bertz CT molecular complexity index is 352. The zero-order chi connectivity index (χ0) is 12.5. The number of hydrogen-bond donors (Lipinski definition) is 2. The van der Waals surface area contributed by atoms with Gasteiger partial charge in [-0.15, -0.1) is 11.3 Å². The van der Waals surface area contributed by atoms with Gasteiger partial charge < -0.3 is 15.4 Å². The first-order valence-electron chi connectivity index (χ1n) is 5.31. The molecule has 5 nitrogen and oxygen atoms in total. The van der Waals surface area contributed by atoms with E-state index in [4.69, 9.17) is 4.74 Å². The second-order valence-corrected chi connectivity index (χ2v) is 4.27. The maximum absolute atomic E-state index is 11.5. The van der Waals surface area contributed by atoms with E-state index in [1.807, 2.05) is 11.4 Å². The second-order valence-electron chi connectivity index (χ2n) is 3.33. The molecule has 94 valence electrons. The van der Waals surface area contributed by atoms with Crippen LogP contribution in [0.5, 0.6) is 0 Å². The average molecular weight is 256 g/mol. The summed E-state index contributed by atoms with van der Waals surface area (Å²) in [7, 11) is 1.58. The molecular weight excluding hydrogens is 240 g/mol. The smallest absolute Gasteiger partial charge is 0.261 e. The molecule has 0 aliphatic carbocycles. The molecule has 2 N–H and O–H groups in total. The van der Waals surface area contributed by atoms with Crippen LogP contribution in [0.25, 0.3) is 0 Å². The predicted molar refractivity (Wildman–Crippen MR) is 66.2 cm³/mol. The van der Waals surface area contributed by atoms with Gasteiger partial charge in [-0.05, 0) is 11.4 Å². The van der Waals surface area contributed by atoms with Crippen molar-refractivity contribution in [2.24, 2.45) is 0 Å². The van der Waals surface area contributed by atoms with Crippen molar-refractivity contribution in [3.05, 3.63) is 22.4 Å². The minimum absolute atomic E-state index is 0.0893. The van der Waals surface area contributed by atoms with Crippen LogP contribution in [-0.2, 0) is 9.53 Å². The number of thiophene rings is 1. The van der Waals surface area contributed by atoms with Crippen molar-refractivity contribution in [3.8, 4) is 0 Å². The molecule has 0 radical (unpaired) electrons. The highest BCUT2D eigenvalue weighted by Gasteiger charge is 2.06. The van der Waals surface area contributed by atoms with Crippen LogP contribution in [0.2, 0.25) is 0 Å². The summed E-state index contributed by atoms with van der Waals surface area (Å²) in [5.74, 6) is -0.224. The van der Waals surface area contributed by atoms with Crippen molar-refractivity contribution in [1.82, 2.24) is 10.6 Å². The highest BCUT2D eigenvalue weighted by atomic mass is 32.1. The quantitative estimate of drug-likeness (QED) is 0.703. The number of amides is 2. The van der Waals surface area contributed by atoms with Crippen molar-refractivity contribution in [2.45, 2.75) is 6.42 Å². The van der Waals surface area contributed by atoms with Crippen LogP contribution in [-0.4, -0.2) is 38.6 Å². The molecule has 6 heteroatoms. The summed E-state index contributed by atoms with van der Waals surface area (Å²) >= 11 is 1.38. The van der Waals surface area contributed by atoms with Crippen molar-refractivity contribution in [1.29, 1.82) is 0 Å². The topological polar surface area (TPSA) is 67.4 Å². The summed E-state index contributed by atoms with van der Waals surface area (Å²) in [5.41, 5.74) is 0. The maximum atomic E-state index is 11.5. The number of carbonyl (C=O) groups is 2. The highest BCUT2D eigenvalue weighted by Crippen LogP contribution is 2.07. The minimum Gasteiger partial charge on any atom is -0.383 e. The van der Waals surface area contributed by atoms with Gasteiger partial charge in [-0.2, -0.15) is 0 Å². The second kappa shape index (κ2) is 7.81. The van der Waals surface area contributed by atoms with Gasteiger partial charge in [-0.1, -0.05) is 6.07 Å². The van der Waals surface area contributed by atoms with Crippen molar-refractivity contribution >= 4 is 23.2 Å². The van der Waals surface area contributed by atoms with Crippen LogP contribution in [0.3, 0.4) is 0 Å². The summed E-state index contributed by atoms with van der Waals surface area (Å²) < 4.78 is 4.80. The third-order valence-corrected chi connectivity index (χ3v) is 2.88. The summed E-state index contributed by atoms with van der Waals surface area (Å²) in [5, 5.41) is 7.20. The third-order valence-electron chi connectivity index (χ3n) is 2.01. The Morgan fingerprint density at radius 2 is 2.18 bits per heavy atom. The van der Waals surface area contributed by atoms with Crippen LogP contribution in [0, 0.1) is 0 Å². The maximum Gasteiger partial charge on any atom is 0.261 e. The molecule has 0 fully saturated rings. The summed E-state index contributed by atoms with van der Waals surface area (Å²) in [4.78, 5) is 23.4. The molecule has 1 rings (SSSR count). The molecule has 0 unspecified atom stereocenters. The molecule has 0 bridgehead atoms. The van der Waals surface area contributed by atoms with Crippen molar-refractivity contribution < 1.29 is 14.3 Å². The van der Waals surface area contributed by atoms with E-state index in [0.29, 0.717) is 24.6 Å². The summed E-state index contributed by atoms with van der Waals surface area (Å²) in [6, 6.07) is 3.57. The number of nitrogens with one attached hydrogen (secondary N) is 2. The van der Waals surface area contributed by atoms with Crippen LogP contribution >= 0.6 is 11.3 Å². The van der Waals surface area contributed by atoms with Gasteiger partial charge in [0.1, 0.15) is 0 Å². The molecule has 0 saturated carbocycles. The van der Waals surface area contributed by atoms with Gasteiger partial charge in [0.25, 0.3) is 5.91 Å². The first kappa shape index (κ1) is 13.7. The van der Waals surface area contributed by atoms with E-state index in [-0.39, 0.29) is 18.2 Å². The van der Waals surface area contributed by atoms with Gasteiger partial charge in [-0.25, -0.2) is 0 Å². The van der Waals surface area contributed by atoms with Crippen molar-refractivity contribution in [2.75, 3.05) is 26.8 Å². The standard InChI is InChI=1S/C11H16N2O3S/c1-16-7-6-12-10(14)4-5-13-11(15)9-3-2-8-17-9/h2-3,8H,4-7H2,1H3,(H,12,14)(H,13,15). The highest BCUT2D eigenvalue weighted by molar-refractivity contribution is 7.12. The monoisotopic (exact) mass is 256 g/mol. The molecular formula is C11H16N2O3S. The van der Waals surface area contributed by atoms with Gasteiger partial charge in [0.05, 0.1) is 11.5 Å². The van der Waals surface area contributed by atoms with Gasteiger partial charge in [0.2, 0.25) is 5.91 Å². The molecule has 0 spiro atoms.